The van der Waals surface area contributed by atoms with Gasteiger partial charge in [-0.1, -0.05) is 147 Å². The summed E-state index contributed by atoms with van der Waals surface area (Å²) in [6.45, 7) is 35.3. The first-order valence-corrected chi connectivity index (χ1v) is 21.3. The third-order valence-electron chi connectivity index (χ3n) is 16.7. The van der Waals surface area contributed by atoms with E-state index < -0.39 is 0 Å². The second-order valence-corrected chi connectivity index (χ2v) is 20.3. The second-order valence-electron chi connectivity index (χ2n) is 20.3. The van der Waals surface area contributed by atoms with Crippen molar-refractivity contribution in [2.75, 3.05) is 0 Å². The summed E-state index contributed by atoms with van der Waals surface area (Å²) in [6.07, 6.45) is 23.0. The van der Waals surface area contributed by atoms with Crippen molar-refractivity contribution in [1.82, 2.24) is 0 Å². The third kappa shape index (κ3) is 9.29. The molecular formula is C46H84. The molecule has 0 spiro atoms. The zero-order valence-corrected chi connectivity index (χ0v) is 33.6. The summed E-state index contributed by atoms with van der Waals surface area (Å²) in [6, 6.07) is 0. The van der Waals surface area contributed by atoms with Crippen molar-refractivity contribution in [2.24, 2.45) is 93.7 Å². The van der Waals surface area contributed by atoms with Crippen molar-refractivity contribution in [3.8, 4) is 0 Å². The van der Waals surface area contributed by atoms with Crippen molar-refractivity contribution in [3.05, 3.63) is 12.2 Å². The highest BCUT2D eigenvalue weighted by Gasteiger charge is 2.56. The van der Waals surface area contributed by atoms with Gasteiger partial charge in [0.25, 0.3) is 0 Å². The average molecular weight is 637 g/mol. The van der Waals surface area contributed by atoms with E-state index in [1.807, 2.05) is 0 Å². The summed E-state index contributed by atoms with van der Waals surface area (Å²) in [5.41, 5.74) is 2.41. The molecule has 4 rings (SSSR count). The summed E-state index contributed by atoms with van der Waals surface area (Å²) in [4.78, 5) is 0. The van der Waals surface area contributed by atoms with Gasteiger partial charge in [0.2, 0.25) is 0 Å². The molecule has 4 fully saturated rings. The molecule has 0 radical (unpaired) electrons. The molecule has 268 valence electrons. The Hall–Kier alpha value is -0.260. The molecule has 46 heavy (non-hydrogen) atoms. The molecular weight excluding hydrogens is 553 g/mol. The maximum Gasteiger partial charge on any atom is -0.0241 e. The molecule has 0 aromatic rings. The van der Waals surface area contributed by atoms with E-state index >= 15 is 0 Å². The van der Waals surface area contributed by atoms with Crippen LogP contribution in [0.25, 0.3) is 0 Å². The average Bonchev–Trinajstić information content (AvgIpc) is 3.90. The topological polar surface area (TPSA) is 0 Å². The summed E-state index contributed by atoms with van der Waals surface area (Å²) in [7, 11) is 0. The standard InChI is InChI=1S/C46H84/c1-14-38(21-22-39-23-30(3)24-39)20-19-31(4)33(6)25-40(18-16-17-32(5)44-37(10)42(44)15-2)28-46(13,43-27-35(43)8)45(11,12)29-41-26-34(7)36(41)9/h31-44H,3,14-29H2,1-2,4-13H3. The van der Waals surface area contributed by atoms with Crippen LogP contribution in [0.15, 0.2) is 12.2 Å². The fourth-order valence-corrected chi connectivity index (χ4v) is 12.0. The Labute approximate surface area is 290 Å². The van der Waals surface area contributed by atoms with E-state index in [1.54, 1.807) is 0 Å². The Bertz CT molecular complexity index is 934. The predicted molar refractivity (Wildman–Crippen MR) is 205 cm³/mol. The molecule has 4 saturated carbocycles. The second kappa shape index (κ2) is 16.2. The number of allylic oxidation sites excluding steroid dienone is 1. The van der Waals surface area contributed by atoms with Crippen LogP contribution in [0.1, 0.15) is 186 Å². The summed E-state index contributed by atoms with van der Waals surface area (Å²) < 4.78 is 0. The van der Waals surface area contributed by atoms with E-state index in [2.05, 4.69) is 89.7 Å². The van der Waals surface area contributed by atoms with Gasteiger partial charge in [0.15, 0.2) is 0 Å². The van der Waals surface area contributed by atoms with E-state index in [0.717, 1.165) is 82.9 Å². The molecule has 0 bridgehead atoms. The van der Waals surface area contributed by atoms with Crippen LogP contribution in [0.3, 0.4) is 0 Å². The largest absolute Gasteiger partial charge is 0.0998 e. The molecule has 0 aliphatic heterocycles. The van der Waals surface area contributed by atoms with Crippen LogP contribution in [0.4, 0.5) is 0 Å². The fourth-order valence-electron chi connectivity index (χ4n) is 12.0. The van der Waals surface area contributed by atoms with Gasteiger partial charge < -0.3 is 0 Å². The van der Waals surface area contributed by atoms with Crippen molar-refractivity contribution in [2.45, 2.75) is 186 Å². The van der Waals surface area contributed by atoms with Gasteiger partial charge in [0, 0.05) is 0 Å². The quantitative estimate of drug-likeness (QED) is 0.104. The van der Waals surface area contributed by atoms with Gasteiger partial charge in [-0.2, -0.15) is 0 Å². The van der Waals surface area contributed by atoms with Gasteiger partial charge in [-0.05, 0) is 145 Å². The normalized spacial score (nSPS) is 35.8. The highest BCUT2D eigenvalue weighted by molar-refractivity contribution is 5.07. The molecule has 4 aliphatic rings. The third-order valence-corrected chi connectivity index (χ3v) is 16.7. The monoisotopic (exact) mass is 637 g/mol. The Morgan fingerprint density at radius 2 is 1.46 bits per heavy atom. The van der Waals surface area contributed by atoms with Crippen molar-refractivity contribution in [3.63, 3.8) is 0 Å². The van der Waals surface area contributed by atoms with Crippen LogP contribution < -0.4 is 0 Å². The van der Waals surface area contributed by atoms with E-state index in [9.17, 15) is 0 Å². The van der Waals surface area contributed by atoms with Crippen LogP contribution in [-0.4, -0.2) is 0 Å². The molecule has 14 unspecified atom stereocenters. The van der Waals surface area contributed by atoms with Crippen LogP contribution >= 0.6 is 0 Å². The lowest BCUT2D eigenvalue weighted by Crippen LogP contribution is -2.44. The molecule has 0 saturated heterocycles. The summed E-state index contributed by atoms with van der Waals surface area (Å²) in [5.74, 6) is 13.1. The van der Waals surface area contributed by atoms with Crippen LogP contribution in [0.2, 0.25) is 0 Å². The minimum Gasteiger partial charge on any atom is -0.0998 e. The van der Waals surface area contributed by atoms with E-state index in [1.165, 1.54) is 108 Å². The Morgan fingerprint density at radius 1 is 0.783 bits per heavy atom. The zero-order chi connectivity index (χ0) is 34.0. The first-order chi connectivity index (χ1) is 21.6. The van der Waals surface area contributed by atoms with Crippen molar-refractivity contribution < 1.29 is 0 Å². The molecule has 0 heteroatoms. The van der Waals surface area contributed by atoms with Gasteiger partial charge in [0.05, 0.1) is 0 Å². The van der Waals surface area contributed by atoms with Gasteiger partial charge in [-0.15, -0.1) is 0 Å². The highest BCUT2D eigenvalue weighted by Crippen LogP contribution is 2.64. The van der Waals surface area contributed by atoms with Gasteiger partial charge in [-0.3, -0.25) is 0 Å². The Morgan fingerprint density at radius 3 is 1.98 bits per heavy atom. The van der Waals surface area contributed by atoms with Crippen molar-refractivity contribution in [1.29, 1.82) is 0 Å². The molecule has 0 amide bonds. The first-order valence-electron chi connectivity index (χ1n) is 21.3. The van der Waals surface area contributed by atoms with Gasteiger partial charge >= 0.3 is 0 Å². The van der Waals surface area contributed by atoms with Crippen LogP contribution in [-0.2, 0) is 0 Å². The summed E-state index contributed by atoms with van der Waals surface area (Å²) in [5, 5.41) is 0. The molecule has 0 aromatic heterocycles. The molecule has 0 N–H and O–H groups in total. The number of hydrogen-bond donors (Lipinski definition) is 0. The maximum absolute atomic E-state index is 4.18. The lowest BCUT2D eigenvalue weighted by molar-refractivity contribution is -0.0337. The van der Waals surface area contributed by atoms with Gasteiger partial charge in [-0.25, -0.2) is 0 Å². The fraction of sp³-hybridized carbons (Fsp3) is 0.957. The van der Waals surface area contributed by atoms with Crippen LogP contribution in [0.5, 0.6) is 0 Å². The molecule has 0 nitrogen and oxygen atoms in total. The molecule has 0 aromatic carbocycles. The smallest absolute Gasteiger partial charge is 0.0241 e. The molecule has 14 atom stereocenters. The predicted octanol–water partition coefficient (Wildman–Crippen LogP) is 14.7. The van der Waals surface area contributed by atoms with E-state index in [0.29, 0.717) is 10.8 Å². The Kier molecular flexibility index (Phi) is 13.6. The van der Waals surface area contributed by atoms with E-state index in [4.69, 9.17) is 0 Å². The Balaban J connectivity index is 1.38. The molecule has 4 aliphatic carbocycles. The van der Waals surface area contributed by atoms with Crippen LogP contribution in [0, 0.1) is 93.7 Å². The minimum atomic E-state index is 0.431. The number of rotatable bonds is 22. The lowest BCUT2D eigenvalue weighted by atomic mass is 9.52. The maximum atomic E-state index is 4.18. The van der Waals surface area contributed by atoms with E-state index in [-0.39, 0.29) is 0 Å². The first kappa shape index (κ1) is 38.5. The highest BCUT2D eigenvalue weighted by atomic mass is 14.6. The minimum absolute atomic E-state index is 0.431. The summed E-state index contributed by atoms with van der Waals surface area (Å²) >= 11 is 0. The SMILES string of the molecule is C=C1CC(CCC(CC)CCC(C)C(C)CC(CCCC(C)C2C(C)C2CC)CC(C)(C2CC2C)C(C)(C)CC2CC(C)C2C)C1. The van der Waals surface area contributed by atoms with Crippen molar-refractivity contribution >= 4 is 0 Å². The zero-order valence-electron chi connectivity index (χ0n) is 33.6. The van der Waals surface area contributed by atoms with Gasteiger partial charge in [0.1, 0.15) is 0 Å². The lowest BCUT2D eigenvalue weighted by Gasteiger charge is -2.53. The molecule has 0 heterocycles. The number of hydrogen-bond acceptors (Lipinski definition) is 0.